The smallest absolute Gasteiger partial charge is 0.0461 e. The van der Waals surface area contributed by atoms with Gasteiger partial charge >= 0.3 is 0 Å². The third-order valence-electron chi connectivity index (χ3n) is 15.2. The molecule has 0 spiro atoms. The summed E-state index contributed by atoms with van der Waals surface area (Å²) in [7, 11) is 2.00. The first-order chi connectivity index (χ1) is 42.9. The SMILES string of the molecule is CC(C)N1C=CN(c2[c-]cccc2)[CH-]1.CC1C=CN(c2[c-]cc3c(c2)C(C)(C)c2ccccc2-3)[N-]1.CC1C=CN(c2[c-]ccc(-c3ccccc3)c2)[N-]1.CN1C=CN(c2[c-]ccc(-c3ccccn3)c2)[CH-]1.[Ir].[Ir].[Ir].[Ir].[Ir].[c-]1ccccc1N1C=CN(c2ccccc2)[CH-]1. The molecule has 93 heavy (non-hydrogen) atoms. The van der Waals surface area contributed by atoms with Gasteiger partial charge in [-0.2, -0.15) is 123 Å². The van der Waals surface area contributed by atoms with E-state index in [2.05, 4.69) is 206 Å². The third-order valence-corrected chi connectivity index (χ3v) is 15.2. The van der Waals surface area contributed by atoms with E-state index in [0.29, 0.717) is 6.04 Å². The molecule has 0 saturated heterocycles. The fourth-order valence-corrected chi connectivity index (χ4v) is 10.4. The average molecular weight is 2110 g/mol. The van der Waals surface area contributed by atoms with Crippen LogP contribution in [-0.4, -0.2) is 40.0 Å². The Morgan fingerprint density at radius 1 is 0.441 bits per heavy atom. The maximum absolute atomic E-state index is 4.57. The minimum absolute atomic E-state index is 0. The van der Waals surface area contributed by atoms with E-state index in [1.807, 2.05) is 210 Å². The number of pyridine rings is 1. The van der Waals surface area contributed by atoms with Gasteiger partial charge in [-0.3, -0.25) is 4.98 Å². The number of fused-ring (bicyclic) bond motifs is 3. The Morgan fingerprint density at radius 3 is 1.55 bits per heavy atom. The first-order valence-corrected chi connectivity index (χ1v) is 29.7. The molecule has 8 aromatic carbocycles. The molecule has 0 bridgehead atoms. The molecule has 16 heteroatoms. The molecule has 11 nitrogen and oxygen atoms in total. The Kier molecular flexibility index (Phi) is 29.2. The monoisotopic (exact) mass is 2110 g/mol. The molecule has 0 fully saturated rings. The van der Waals surface area contributed by atoms with Gasteiger partial charge in [0, 0.05) is 118 Å². The van der Waals surface area contributed by atoms with Gasteiger partial charge in [0.1, 0.15) is 0 Å². The fourth-order valence-electron chi connectivity index (χ4n) is 10.4. The summed E-state index contributed by atoms with van der Waals surface area (Å²) in [6.45, 7) is 19.2. The van der Waals surface area contributed by atoms with Crippen LogP contribution in [0, 0.1) is 50.3 Å². The van der Waals surface area contributed by atoms with E-state index in [9.17, 15) is 0 Å². The molecule has 0 amide bonds. The van der Waals surface area contributed by atoms with Crippen molar-refractivity contribution in [1.82, 2.24) is 14.8 Å². The van der Waals surface area contributed by atoms with Crippen LogP contribution < -0.4 is 29.6 Å². The molecule has 1 aliphatic carbocycles. The van der Waals surface area contributed by atoms with Gasteiger partial charge < -0.3 is 50.3 Å². The summed E-state index contributed by atoms with van der Waals surface area (Å²) in [5.41, 5.74) is 25.3. The third kappa shape index (κ3) is 19.4. The predicted octanol–water partition coefficient (Wildman–Crippen LogP) is 17.9. The second-order valence-electron chi connectivity index (χ2n) is 22.3. The number of hydrogen-bond donors (Lipinski definition) is 0. The normalized spacial score (nSPS) is 16.1. The molecule has 1 aromatic heterocycles. The van der Waals surface area contributed by atoms with E-state index < -0.39 is 0 Å². The Bertz CT molecular complexity index is 3720. The van der Waals surface area contributed by atoms with Gasteiger partial charge in [-0.15, -0.1) is 76.3 Å². The number of rotatable bonds is 9. The van der Waals surface area contributed by atoms with Crippen LogP contribution in [0.25, 0.3) is 44.4 Å². The summed E-state index contributed by atoms with van der Waals surface area (Å²) in [4.78, 5) is 16.8. The van der Waals surface area contributed by atoms with Gasteiger partial charge in [0.2, 0.25) is 0 Å². The largest absolute Gasteiger partial charge is 0.559 e. The van der Waals surface area contributed by atoms with E-state index in [-0.39, 0.29) is 118 Å². The molecule has 2 unspecified atom stereocenters. The van der Waals surface area contributed by atoms with Crippen molar-refractivity contribution < 1.29 is 101 Å². The Hall–Kier alpha value is -6.82. The van der Waals surface area contributed by atoms with E-state index in [0.717, 1.165) is 45.4 Å². The van der Waals surface area contributed by atoms with E-state index in [1.165, 1.54) is 33.4 Å². The average Bonchev–Trinajstić information content (AvgIpc) is 1.58. The molecule has 0 N–H and O–H groups in total. The van der Waals surface area contributed by atoms with Gasteiger partial charge in [0.15, 0.2) is 0 Å². The van der Waals surface area contributed by atoms with E-state index in [1.54, 1.807) is 6.20 Å². The topological polar surface area (TPSA) is 67.0 Å². The molecule has 9 aromatic rings. The van der Waals surface area contributed by atoms with Gasteiger partial charge in [-0.25, -0.2) is 0 Å². The number of benzene rings is 8. The molecule has 5 radical (unpaired) electrons. The van der Waals surface area contributed by atoms with Crippen LogP contribution in [-0.2, 0) is 106 Å². The van der Waals surface area contributed by atoms with Crippen LogP contribution in [0.4, 0.5) is 34.1 Å². The molecule has 0 saturated carbocycles. The van der Waals surface area contributed by atoms with Gasteiger partial charge in [-0.1, -0.05) is 136 Å². The van der Waals surface area contributed by atoms with Crippen LogP contribution in [0.2, 0.25) is 0 Å². The summed E-state index contributed by atoms with van der Waals surface area (Å²) in [6, 6.07) is 84.9. The van der Waals surface area contributed by atoms with Crippen molar-refractivity contribution in [2.24, 2.45) is 0 Å². The fraction of sp³-hybridized carbons (Fsp3) is 0.143. The molecular weight excluding hydrogens is 2040 g/mol. The summed E-state index contributed by atoms with van der Waals surface area (Å²) >= 11 is 0. The van der Waals surface area contributed by atoms with Crippen molar-refractivity contribution in [3.8, 4) is 33.5 Å². The number of aromatic nitrogens is 1. The molecule has 15 rings (SSSR count). The molecule has 489 valence electrons. The summed E-state index contributed by atoms with van der Waals surface area (Å²) in [6.07, 6.45) is 22.2. The van der Waals surface area contributed by atoms with Crippen LogP contribution in [0.1, 0.15) is 52.7 Å². The molecule has 6 heterocycles. The van der Waals surface area contributed by atoms with Crippen LogP contribution >= 0.6 is 0 Å². The maximum Gasteiger partial charge on any atom is 0.0461 e. The zero-order valence-electron chi connectivity index (χ0n) is 52.5. The quantitative estimate of drug-likeness (QED) is 0.132. The van der Waals surface area contributed by atoms with Crippen molar-refractivity contribution in [2.75, 3.05) is 36.7 Å². The van der Waals surface area contributed by atoms with Crippen molar-refractivity contribution in [3.05, 3.63) is 340 Å². The van der Waals surface area contributed by atoms with Crippen LogP contribution in [0.15, 0.2) is 268 Å². The van der Waals surface area contributed by atoms with Crippen molar-refractivity contribution in [1.29, 1.82) is 0 Å². The second kappa shape index (κ2) is 36.2. The first kappa shape index (κ1) is 75.2. The maximum atomic E-state index is 4.57. The molecule has 2 atom stereocenters. The molecule has 5 aliphatic heterocycles. The second-order valence-corrected chi connectivity index (χ2v) is 22.3. The minimum atomic E-state index is 0. The van der Waals surface area contributed by atoms with Gasteiger partial charge in [0.25, 0.3) is 0 Å². The van der Waals surface area contributed by atoms with E-state index >= 15 is 0 Å². The van der Waals surface area contributed by atoms with Crippen molar-refractivity contribution >= 4 is 34.1 Å². The Balaban J connectivity index is 0.000000183. The summed E-state index contributed by atoms with van der Waals surface area (Å²) in [5.74, 6) is 0. The number of para-hydroxylation sites is 3. The van der Waals surface area contributed by atoms with Crippen LogP contribution in [0.5, 0.6) is 0 Å². The Morgan fingerprint density at radius 2 is 0.968 bits per heavy atom. The molecular formula is C77H71Ir5N11-10. The minimum Gasteiger partial charge on any atom is -0.559 e. The zero-order chi connectivity index (χ0) is 60.8. The zero-order valence-corrected chi connectivity index (χ0v) is 64.4. The number of nitrogens with zero attached hydrogens (tertiary/aromatic N) is 11. The Labute approximate surface area is 619 Å². The predicted molar refractivity (Wildman–Crippen MR) is 363 cm³/mol. The number of hydrogen-bond acceptors (Lipinski definition) is 9. The first-order valence-electron chi connectivity index (χ1n) is 29.7. The number of anilines is 6. The standard InChI is InChI=1S/C19H18N2.C16H14N2.C15H13N3.C15H12N2.C12H14N2.5Ir/c1-13-10-11-21(20-13)14-8-9-16-15-6-4-5-7-17(15)19(2,3)18(16)12-14;1-13-10-11-18(17-13)16-9-5-8-15(12-16)14-6-3-2-4-7-14;1-17-9-10-18(12-17)14-6-4-5-13(11-14)15-7-2-3-8-16-15;1-3-7-14(8-4-1)16-11-12-17(13-16)15-9-5-2-6-10-15;1-11(2)13-8-9-14(10-13)12-6-4-3-5-7-12;;;;;/h4-7,9-13H,1-3H3;2-8,10-13H,1H3;2-5,7-12H,1H3;1-9,11-13H;3-6,8-11H,1-2H3;;;;;/q5*-2;;;;;. The molecule has 6 aliphatic rings. The van der Waals surface area contributed by atoms with E-state index in [4.69, 9.17) is 0 Å². The summed E-state index contributed by atoms with van der Waals surface area (Å²) < 4.78 is 0. The van der Waals surface area contributed by atoms with Gasteiger partial charge in [0.05, 0.1) is 0 Å². The van der Waals surface area contributed by atoms with Crippen LogP contribution in [0.3, 0.4) is 0 Å². The van der Waals surface area contributed by atoms with Crippen molar-refractivity contribution in [3.63, 3.8) is 0 Å². The van der Waals surface area contributed by atoms with Gasteiger partial charge in [-0.05, 0) is 117 Å². The summed E-state index contributed by atoms with van der Waals surface area (Å²) in [5, 5.41) is 3.82. The van der Waals surface area contributed by atoms with Crippen molar-refractivity contribution in [2.45, 2.75) is 65.1 Å².